The van der Waals surface area contributed by atoms with Crippen molar-refractivity contribution in [3.8, 4) is 0 Å². The molecule has 0 nitrogen and oxygen atoms in total. The van der Waals surface area contributed by atoms with Gasteiger partial charge in [0.05, 0.1) is 0 Å². The standard InChI is InChI=1S/C16H32S/c1-4-6-14-7-8-15(13-14)9-10-16(3,5-2)11-12-17/h14-15,17H,4-13H2,1-3H3. The van der Waals surface area contributed by atoms with Gasteiger partial charge in [0.25, 0.3) is 0 Å². The Morgan fingerprint density at radius 1 is 1.06 bits per heavy atom. The van der Waals surface area contributed by atoms with E-state index in [9.17, 15) is 0 Å². The summed E-state index contributed by atoms with van der Waals surface area (Å²) in [6.45, 7) is 7.13. The second-order valence-corrected chi connectivity index (χ2v) is 6.96. The van der Waals surface area contributed by atoms with E-state index in [2.05, 4.69) is 33.4 Å². The summed E-state index contributed by atoms with van der Waals surface area (Å²) in [5.74, 6) is 3.15. The van der Waals surface area contributed by atoms with Crippen molar-refractivity contribution in [3.63, 3.8) is 0 Å². The van der Waals surface area contributed by atoms with Crippen molar-refractivity contribution in [2.45, 2.75) is 78.6 Å². The maximum atomic E-state index is 4.41. The monoisotopic (exact) mass is 256 g/mol. The van der Waals surface area contributed by atoms with Gasteiger partial charge in [0.2, 0.25) is 0 Å². The molecule has 1 saturated carbocycles. The van der Waals surface area contributed by atoms with Crippen LogP contribution in [0.1, 0.15) is 78.6 Å². The Morgan fingerprint density at radius 2 is 1.71 bits per heavy atom. The molecule has 17 heavy (non-hydrogen) atoms. The van der Waals surface area contributed by atoms with Crippen LogP contribution in [-0.2, 0) is 0 Å². The predicted molar refractivity (Wildman–Crippen MR) is 81.8 cm³/mol. The second-order valence-electron chi connectivity index (χ2n) is 6.51. The van der Waals surface area contributed by atoms with Crippen molar-refractivity contribution in [3.05, 3.63) is 0 Å². The highest BCUT2D eigenvalue weighted by Crippen LogP contribution is 2.40. The molecule has 1 fully saturated rings. The molecule has 1 heteroatoms. The number of hydrogen-bond donors (Lipinski definition) is 1. The van der Waals surface area contributed by atoms with Gasteiger partial charge in [-0.15, -0.1) is 0 Å². The molecule has 0 amide bonds. The van der Waals surface area contributed by atoms with E-state index in [1.807, 2.05) is 0 Å². The maximum absolute atomic E-state index is 4.41. The molecule has 0 heterocycles. The Balaban J connectivity index is 2.26. The van der Waals surface area contributed by atoms with E-state index in [1.54, 1.807) is 0 Å². The Morgan fingerprint density at radius 3 is 2.24 bits per heavy atom. The average molecular weight is 256 g/mol. The number of hydrogen-bond acceptors (Lipinski definition) is 1. The van der Waals surface area contributed by atoms with Gasteiger partial charge in [0, 0.05) is 0 Å². The molecule has 1 rings (SSSR count). The van der Waals surface area contributed by atoms with Crippen molar-refractivity contribution in [2.75, 3.05) is 5.75 Å². The lowest BCUT2D eigenvalue weighted by Gasteiger charge is -2.29. The van der Waals surface area contributed by atoms with Gasteiger partial charge in [0.15, 0.2) is 0 Å². The summed E-state index contributed by atoms with van der Waals surface area (Å²) >= 11 is 4.41. The Bertz CT molecular complexity index is 202. The minimum Gasteiger partial charge on any atom is -0.179 e. The van der Waals surface area contributed by atoms with Crippen LogP contribution >= 0.6 is 12.6 Å². The normalized spacial score (nSPS) is 28.2. The summed E-state index contributed by atoms with van der Waals surface area (Å²) in [6, 6.07) is 0. The summed E-state index contributed by atoms with van der Waals surface area (Å²) in [5.41, 5.74) is 0.560. The van der Waals surface area contributed by atoms with Crippen molar-refractivity contribution in [1.82, 2.24) is 0 Å². The summed E-state index contributed by atoms with van der Waals surface area (Å²) < 4.78 is 0. The molecule has 0 aromatic rings. The zero-order valence-corrected chi connectivity index (χ0v) is 13.1. The molecule has 0 spiro atoms. The van der Waals surface area contributed by atoms with Crippen LogP contribution in [0.5, 0.6) is 0 Å². The first-order valence-electron chi connectivity index (χ1n) is 7.74. The fourth-order valence-electron chi connectivity index (χ4n) is 3.41. The van der Waals surface area contributed by atoms with E-state index in [1.165, 1.54) is 57.8 Å². The van der Waals surface area contributed by atoms with E-state index in [-0.39, 0.29) is 0 Å². The van der Waals surface area contributed by atoms with Crippen LogP contribution in [0.15, 0.2) is 0 Å². The minimum atomic E-state index is 0.560. The zero-order valence-electron chi connectivity index (χ0n) is 12.2. The van der Waals surface area contributed by atoms with Crippen molar-refractivity contribution in [1.29, 1.82) is 0 Å². The van der Waals surface area contributed by atoms with Crippen LogP contribution in [0.4, 0.5) is 0 Å². The molecule has 0 aliphatic heterocycles. The van der Waals surface area contributed by atoms with E-state index in [0.717, 1.165) is 17.6 Å². The number of thiol groups is 1. The minimum absolute atomic E-state index is 0.560. The summed E-state index contributed by atoms with van der Waals surface area (Å²) in [4.78, 5) is 0. The molecule has 0 aromatic carbocycles. The quantitative estimate of drug-likeness (QED) is 0.528. The highest BCUT2D eigenvalue weighted by Gasteiger charge is 2.27. The van der Waals surface area contributed by atoms with E-state index in [0.29, 0.717) is 5.41 Å². The van der Waals surface area contributed by atoms with Crippen LogP contribution in [-0.4, -0.2) is 5.75 Å². The van der Waals surface area contributed by atoms with Gasteiger partial charge in [-0.2, -0.15) is 12.6 Å². The van der Waals surface area contributed by atoms with Gasteiger partial charge >= 0.3 is 0 Å². The lowest BCUT2D eigenvalue weighted by molar-refractivity contribution is 0.245. The van der Waals surface area contributed by atoms with E-state index < -0.39 is 0 Å². The summed E-state index contributed by atoms with van der Waals surface area (Å²) in [7, 11) is 0. The fourth-order valence-corrected chi connectivity index (χ4v) is 3.95. The second kappa shape index (κ2) is 7.71. The van der Waals surface area contributed by atoms with Gasteiger partial charge in [-0.3, -0.25) is 0 Å². The SMILES string of the molecule is CCCC1CCC(CCC(C)(CC)CCS)C1. The van der Waals surface area contributed by atoms with Crippen LogP contribution in [0.2, 0.25) is 0 Å². The van der Waals surface area contributed by atoms with E-state index >= 15 is 0 Å². The Labute approximate surface area is 114 Å². The first kappa shape index (κ1) is 15.4. The van der Waals surface area contributed by atoms with Gasteiger partial charge in [0.1, 0.15) is 0 Å². The smallest absolute Gasteiger partial charge is 0.00927 e. The molecule has 0 aromatic heterocycles. The maximum Gasteiger partial charge on any atom is -0.00927 e. The largest absolute Gasteiger partial charge is 0.179 e. The third-order valence-corrected chi connectivity index (χ3v) is 5.30. The van der Waals surface area contributed by atoms with Gasteiger partial charge in [-0.1, -0.05) is 52.9 Å². The number of rotatable bonds is 8. The molecule has 1 aliphatic carbocycles. The van der Waals surface area contributed by atoms with Crippen LogP contribution < -0.4 is 0 Å². The molecule has 0 N–H and O–H groups in total. The van der Waals surface area contributed by atoms with Crippen LogP contribution in [0.3, 0.4) is 0 Å². The topological polar surface area (TPSA) is 0 Å². The molecule has 102 valence electrons. The molecule has 3 unspecified atom stereocenters. The summed E-state index contributed by atoms with van der Waals surface area (Å²) in [6.07, 6.45) is 12.9. The third-order valence-electron chi connectivity index (χ3n) is 5.07. The first-order valence-corrected chi connectivity index (χ1v) is 8.37. The Hall–Kier alpha value is 0.350. The molecular weight excluding hydrogens is 224 g/mol. The Kier molecular flexibility index (Phi) is 6.99. The van der Waals surface area contributed by atoms with Gasteiger partial charge < -0.3 is 0 Å². The lowest BCUT2D eigenvalue weighted by Crippen LogP contribution is -2.17. The summed E-state index contributed by atoms with van der Waals surface area (Å²) in [5, 5.41) is 0. The predicted octanol–water partition coefficient (Wildman–Crippen LogP) is 5.72. The van der Waals surface area contributed by atoms with Crippen LogP contribution in [0.25, 0.3) is 0 Å². The van der Waals surface area contributed by atoms with Crippen molar-refractivity contribution < 1.29 is 0 Å². The van der Waals surface area contributed by atoms with Crippen molar-refractivity contribution in [2.24, 2.45) is 17.3 Å². The van der Waals surface area contributed by atoms with Crippen LogP contribution in [0, 0.1) is 17.3 Å². The van der Waals surface area contributed by atoms with E-state index in [4.69, 9.17) is 0 Å². The van der Waals surface area contributed by atoms with Gasteiger partial charge in [-0.05, 0) is 48.7 Å². The average Bonchev–Trinajstić information content (AvgIpc) is 2.75. The molecule has 0 bridgehead atoms. The highest BCUT2D eigenvalue weighted by atomic mass is 32.1. The highest BCUT2D eigenvalue weighted by molar-refractivity contribution is 7.80. The lowest BCUT2D eigenvalue weighted by atomic mass is 9.78. The first-order chi connectivity index (χ1) is 8.13. The molecule has 0 radical (unpaired) electrons. The third kappa shape index (κ3) is 5.24. The molecule has 1 aliphatic rings. The van der Waals surface area contributed by atoms with Gasteiger partial charge in [-0.25, -0.2) is 0 Å². The fraction of sp³-hybridized carbons (Fsp3) is 1.00. The van der Waals surface area contributed by atoms with Crippen molar-refractivity contribution >= 4 is 12.6 Å². The molecule has 0 saturated heterocycles. The molecular formula is C16H32S. The molecule has 3 atom stereocenters. The zero-order chi connectivity index (χ0) is 12.7.